The minimum Gasteiger partial charge on any atom is -0.351 e. The molecule has 0 unspecified atom stereocenters. The molecular weight excluding hydrogens is 228 g/mol. The van der Waals surface area contributed by atoms with Gasteiger partial charge in [0.05, 0.1) is 0 Å². The van der Waals surface area contributed by atoms with Gasteiger partial charge in [0, 0.05) is 31.0 Å². The number of hydrogen-bond donors (Lipinski definition) is 1. The Morgan fingerprint density at radius 3 is 2.82 bits per heavy atom. The van der Waals surface area contributed by atoms with Crippen LogP contribution in [0.15, 0.2) is 12.3 Å². The van der Waals surface area contributed by atoms with Crippen molar-refractivity contribution in [2.24, 2.45) is 0 Å². The summed E-state index contributed by atoms with van der Waals surface area (Å²) >= 11 is 2.03. The Balaban J connectivity index is 2.40. The molecule has 0 saturated heterocycles. The van der Waals surface area contributed by atoms with E-state index in [2.05, 4.69) is 49.8 Å². The van der Waals surface area contributed by atoms with Gasteiger partial charge in [-0.05, 0) is 36.5 Å². The van der Waals surface area contributed by atoms with Gasteiger partial charge in [0.15, 0.2) is 0 Å². The Bertz CT molecular complexity index is 318. The molecule has 0 aliphatic carbocycles. The van der Waals surface area contributed by atoms with Crippen LogP contribution in [-0.4, -0.2) is 22.1 Å². The molecule has 0 atom stereocenters. The van der Waals surface area contributed by atoms with Crippen LogP contribution in [-0.2, 0) is 13.1 Å². The van der Waals surface area contributed by atoms with E-state index in [-0.39, 0.29) is 0 Å². The highest BCUT2D eigenvalue weighted by atomic mass is 32.2. The molecule has 0 radical (unpaired) electrons. The second-order valence-electron chi connectivity index (χ2n) is 4.71. The molecule has 0 fully saturated rings. The zero-order valence-corrected chi connectivity index (χ0v) is 12.4. The lowest BCUT2D eigenvalue weighted by Crippen LogP contribution is -2.22. The van der Waals surface area contributed by atoms with Gasteiger partial charge in [0.25, 0.3) is 0 Å². The quantitative estimate of drug-likeness (QED) is 0.716. The highest BCUT2D eigenvalue weighted by Crippen LogP contribution is 2.12. The van der Waals surface area contributed by atoms with Crippen LogP contribution in [0.3, 0.4) is 0 Å². The maximum Gasteiger partial charge on any atom is 0.0230 e. The van der Waals surface area contributed by atoms with Crippen molar-refractivity contribution >= 4 is 11.8 Å². The van der Waals surface area contributed by atoms with Crippen LogP contribution in [0.1, 0.15) is 38.4 Å². The fourth-order valence-electron chi connectivity index (χ4n) is 1.82. The lowest BCUT2D eigenvalue weighted by molar-refractivity contribution is 0.584. The fourth-order valence-corrected chi connectivity index (χ4v) is 2.44. The van der Waals surface area contributed by atoms with Gasteiger partial charge < -0.3 is 9.88 Å². The van der Waals surface area contributed by atoms with Gasteiger partial charge in [-0.3, -0.25) is 0 Å². The summed E-state index contributed by atoms with van der Waals surface area (Å²) < 4.78 is 2.38. The van der Waals surface area contributed by atoms with Gasteiger partial charge >= 0.3 is 0 Å². The van der Waals surface area contributed by atoms with Crippen molar-refractivity contribution in [2.75, 3.05) is 11.5 Å². The second kappa shape index (κ2) is 7.83. The number of hydrogen-bond acceptors (Lipinski definition) is 2. The molecule has 98 valence electrons. The SMILES string of the molecule is CCSCCCn1ccc(CNC(C)C)c1C. The Morgan fingerprint density at radius 1 is 1.41 bits per heavy atom. The molecule has 0 aliphatic rings. The van der Waals surface area contributed by atoms with Crippen LogP contribution < -0.4 is 5.32 Å². The minimum absolute atomic E-state index is 0.554. The molecule has 0 saturated carbocycles. The Hall–Kier alpha value is -0.410. The molecule has 1 rings (SSSR count). The van der Waals surface area contributed by atoms with E-state index >= 15 is 0 Å². The normalized spacial score (nSPS) is 11.4. The van der Waals surface area contributed by atoms with Crippen molar-refractivity contribution in [1.29, 1.82) is 0 Å². The summed E-state index contributed by atoms with van der Waals surface area (Å²) in [6, 6.07) is 2.80. The summed E-state index contributed by atoms with van der Waals surface area (Å²) in [6.07, 6.45) is 3.49. The third-order valence-corrected chi connectivity index (χ3v) is 3.93. The lowest BCUT2D eigenvalue weighted by atomic mass is 10.2. The van der Waals surface area contributed by atoms with E-state index < -0.39 is 0 Å². The zero-order valence-electron chi connectivity index (χ0n) is 11.6. The summed E-state index contributed by atoms with van der Waals surface area (Å²) in [5.41, 5.74) is 2.85. The van der Waals surface area contributed by atoms with E-state index in [0.29, 0.717) is 6.04 Å². The molecule has 1 heterocycles. The number of thioether (sulfide) groups is 1. The molecular formula is C14H26N2S. The maximum atomic E-state index is 3.47. The highest BCUT2D eigenvalue weighted by Gasteiger charge is 2.04. The van der Waals surface area contributed by atoms with E-state index in [1.807, 2.05) is 11.8 Å². The van der Waals surface area contributed by atoms with Crippen molar-refractivity contribution < 1.29 is 0 Å². The predicted octanol–water partition coefficient (Wildman–Crippen LogP) is 3.44. The van der Waals surface area contributed by atoms with Gasteiger partial charge in [-0.1, -0.05) is 20.8 Å². The van der Waals surface area contributed by atoms with Crippen LogP contribution in [0.5, 0.6) is 0 Å². The highest BCUT2D eigenvalue weighted by molar-refractivity contribution is 7.99. The van der Waals surface area contributed by atoms with Gasteiger partial charge in [-0.2, -0.15) is 11.8 Å². The average molecular weight is 254 g/mol. The Kier molecular flexibility index (Phi) is 6.75. The van der Waals surface area contributed by atoms with Gasteiger partial charge in [0.1, 0.15) is 0 Å². The number of aromatic nitrogens is 1. The lowest BCUT2D eigenvalue weighted by Gasteiger charge is -2.10. The van der Waals surface area contributed by atoms with Crippen LogP contribution in [0, 0.1) is 6.92 Å². The summed E-state index contributed by atoms with van der Waals surface area (Å²) in [7, 11) is 0. The molecule has 0 aliphatic heterocycles. The van der Waals surface area contributed by atoms with Crippen LogP contribution in [0.2, 0.25) is 0 Å². The molecule has 0 amide bonds. The average Bonchev–Trinajstić information content (AvgIpc) is 2.63. The van der Waals surface area contributed by atoms with Gasteiger partial charge in [0.2, 0.25) is 0 Å². The summed E-state index contributed by atoms with van der Waals surface area (Å²) in [5.74, 6) is 2.50. The molecule has 1 aromatic heterocycles. The molecule has 1 aromatic rings. The number of nitrogens with one attached hydrogen (secondary N) is 1. The van der Waals surface area contributed by atoms with Crippen LogP contribution >= 0.6 is 11.8 Å². The second-order valence-corrected chi connectivity index (χ2v) is 6.10. The third-order valence-electron chi connectivity index (χ3n) is 2.94. The summed E-state index contributed by atoms with van der Waals surface area (Å²) in [4.78, 5) is 0. The monoisotopic (exact) mass is 254 g/mol. The van der Waals surface area contributed by atoms with Crippen molar-refractivity contribution in [3.05, 3.63) is 23.5 Å². The van der Waals surface area contributed by atoms with E-state index in [4.69, 9.17) is 0 Å². The summed E-state index contributed by atoms with van der Waals surface area (Å²) in [5, 5.41) is 3.47. The standard InChI is InChI=1S/C14H26N2S/c1-5-17-10-6-8-16-9-7-14(13(16)4)11-15-12(2)3/h7,9,12,15H,5-6,8,10-11H2,1-4H3. The van der Waals surface area contributed by atoms with Crippen LogP contribution in [0.4, 0.5) is 0 Å². The van der Waals surface area contributed by atoms with Crippen molar-refractivity contribution in [2.45, 2.75) is 53.2 Å². The first-order chi connectivity index (χ1) is 8.15. The molecule has 0 aromatic carbocycles. The number of rotatable bonds is 8. The predicted molar refractivity (Wildman–Crippen MR) is 78.8 cm³/mol. The topological polar surface area (TPSA) is 17.0 Å². The molecule has 3 heteroatoms. The molecule has 0 bridgehead atoms. The smallest absolute Gasteiger partial charge is 0.0230 e. The zero-order chi connectivity index (χ0) is 12.7. The van der Waals surface area contributed by atoms with Crippen molar-refractivity contribution in [3.63, 3.8) is 0 Å². The summed E-state index contributed by atoms with van der Waals surface area (Å²) in [6.45, 7) is 11.0. The number of aryl methyl sites for hydroxylation is 1. The van der Waals surface area contributed by atoms with Crippen molar-refractivity contribution in [3.8, 4) is 0 Å². The van der Waals surface area contributed by atoms with E-state index in [1.165, 1.54) is 29.2 Å². The first-order valence-electron chi connectivity index (χ1n) is 6.60. The Morgan fingerprint density at radius 2 is 2.18 bits per heavy atom. The largest absolute Gasteiger partial charge is 0.351 e. The van der Waals surface area contributed by atoms with E-state index in [1.54, 1.807) is 0 Å². The van der Waals surface area contributed by atoms with E-state index in [0.717, 1.165) is 13.1 Å². The first-order valence-corrected chi connectivity index (χ1v) is 7.76. The van der Waals surface area contributed by atoms with Crippen molar-refractivity contribution in [1.82, 2.24) is 9.88 Å². The molecule has 2 nitrogen and oxygen atoms in total. The fraction of sp³-hybridized carbons (Fsp3) is 0.714. The van der Waals surface area contributed by atoms with E-state index in [9.17, 15) is 0 Å². The molecule has 0 spiro atoms. The first kappa shape index (κ1) is 14.7. The maximum absolute atomic E-state index is 3.47. The van der Waals surface area contributed by atoms with Gasteiger partial charge in [-0.15, -0.1) is 0 Å². The van der Waals surface area contributed by atoms with Gasteiger partial charge in [-0.25, -0.2) is 0 Å². The molecule has 17 heavy (non-hydrogen) atoms. The van der Waals surface area contributed by atoms with Crippen LogP contribution in [0.25, 0.3) is 0 Å². The third kappa shape index (κ3) is 5.17. The molecule has 1 N–H and O–H groups in total. The number of nitrogens with zero attached hydrogens (tertiary/aromatic N) is 1. The minimum atomic E-state index is 0.554. The Labute approximate surface area is 110 Å².